The van der Waals surface area contributed by atoms with E-state index in [0.717, 1.165) is 15.9 Å². The second-order valence-electron chi connectivity index (χ2n) is 4.46. The van der Waals surface area contributed by atoms with E-state index in [2.05, 4.69) is 15.4 Å². The number of nitrogens with zero attached hydrogens (tertiary/aromatic N) is 4. The standard InChI is InChI=1S/C12H13F3N4O/c1-8-4-2-3-5-10(8)11-16-18-19(17-11)7-9(20)6-12(13,14)15/h2-5,9,20H,6-7H2,1H3. The van der Waals surface area contributed by atoms with Gasteiger partial charge in [0.05, 0.1) is 19.1 Å². The molecule has 1 atom stereocenters. The highest BCUT2D eigenvalue weighted by Crippen LogP contribution is 2.22. The zero-order valence-corrected chi connectivity index (χ0v) is 10.7. The minimum absolute atomic E-state index is 0.322. The van der Waals surface area contributed by atoms with Crippen LogP contribution in [0.25, 0.3) is 11.4 Å². The molecule has 0 aliphatic heterocycles. The molecule has 0 spiro atoms. The summed E-state index contributed by atoms with van der Waals surface area (Å²) in [5.41, 5.74) is 1.69. The lowest BCUT2D eigenvalue weighted by atomic mass is 10.1. The van der Waals surface area contributed by atoms with Crippen molar-refractivity contribution in [2.45, 2.75) is 32.2 Å². The first-order valence-electron chi connectivity index (χ1n) is 5.94. The maximum Gasteiger partial charge on any atom is 0.391 e. The predicted molar refractivity (Wildman–Crippen MR) is 64.7 cm³/mol. The number of hydrogen-bond acceptors (Lipinski definition) is 4. The summed E-state index contributed by atoms with van der Waals surface area (Å²) in [7, 11) is 0. The SMILES string of the molecule is Cc1ccccc1-c1nnn(CC(O)CC(F)(F)F)n1. The molecule has 0 fully saturated rings. The van der Waals surface area contributed by atoms with Gasteiger partial charge in [-0.1, -0.05) is 24.3 Å². The molecule has 2 aromatic rings. The second-order valence-corrected chi connectivity index (χ2v) is 4.46. The van der Waals surface area contributed by atoms with Crippen molar-refractivity contribution in [1.82, 2.24) is 20.2 Å². The first kappa shape index (κ1) is 14.4. The average Bonchev–Trinajstić information content (AvgIpc) is 2.75. The highest BCUT2D eigenvalue weighted by molar-refractivity contribution is 5.58. The third kappa shape index (κ3) is 3.77. The second kappa shape index (κ2) is 5.58. The summed E-state index contributed by atoms with van der Waals surface area (Å²) in [4.78, 5) is 0.970. The van der Waals surface area contributed by atoms with Gasteiger partial charge in [0, 0.05) is 5.56 Å². The molecule has 5 nitrogen and oxygen atoms in total. The number of rotatable bonds is 4. The first-order valence-corrected chi connectivity index (χ1v) is 5.94. The lowest BCUT2D eigenvalue weighted by Crippen LogP contribution is -2.25. The van der Waals surface area contributed by atoms with Crippen LogP contribution in [-0.4, -0.2) is 37.6 Å². The molecule has 0 saturated carbocycles. The predicted octanol–water partition coefficient (Wildman–Crippen LogP) is 1.96. The average molecular weight is 286 g/mol. The molecule has 8 heteroatoms. The number of hydrogen-bond donors (Lipinski definition) is 1. The van der Waals surface area contributed by atoms with Gasteiger partial charge in [0.2, 0.25) is 5.82 Å². The van der Waals surface area contributed by atoms with Crippen LogP contribution in [0.5, 0.6) is 0 Å². The van der Waals surface area contributed by atoms with E-state index in [9.17, 15) is 18.3 Å². The van der Waals surface area contributed by atoms with Gasteiger partial charge >= 0.3 is 6.18 Å². The third-order valence-corrected chi connectivity index (χ3v) is 2.68. The molecular weight excluding hydrogens is 273 g/mol. The zero-order valence-electron chi connectivity index (χ0n) is 10.7. The molecule has 108 valence electrons. The fourth-order valence-corrected chi connectivity index (χ4v) is 1.77. The number of benzene rings is 1. The van der Waals surface area contributed by atoms with Crippen molar-refractivity contribution in [3.63, 3.8) is 0 Å². The van der Waals surface area contributed by atoms with Crippen LogP contribution in [0.2, 0.25) is 0 Å². The van der Waals surface area contributed by atoms with Crippen molar-refractivity contribution >= 4 is 0 Å². The van der Waals surface area contributed by atoms with E-state index in [4.69, 9.17) is 0 Å². The number of aliphatic hydroxyl groups excluding tert-OH is 1. The summed E-state index contributed by atoms with van der Waals surface area (Å²) in [6.45, 7) is 1.52. The van der Waals surface area contributed by atoms with Crippen LogP contribution in [0.15, 0.2) is 24.3 Å². The van der Waals surface area contributed by atoms with Gasteiger partial charge in [0.15, 0.2) is 0 Å². The van der Waals surface area contributed by atoms with E-state index in [0.29, 0.717) is 5.82 Å². The maximum atomic E-state index is 12.1. The van der Waals surface area contributed by atoms with Gasteiger partial charge < -0.3 is 5.11 Å². The number of aliphatic hydroxyl groups is 1. The molecule has 1 aromatic heterocycles. The Hall–Kier alpha value is -1.96. The molecule has 20 heavy (non-hydrogen) atoms. The van der Waals surface area contributed by atoms with Crippen LogP contribution in [0.3, 0.4) is 0 Å². The van der Waals surface area contributed by atoms with Crippen LogP contribution in [0, 0.1) is 6.92 Å². The van der Waals surface area contributed by atoms with E-state index in [1.54, 1.807) is 6.07 Å². The third-order valence-electron chi connectivity index (χ3n) is 2.68. The van der Waals surface area contributed by atoms with Gasteiger partial charge in [-0.15, -0.1) is 10.2 Å². The molecular formula is C12H13F3N4O. The Morgan fingerprint density at radius 1 is 1.30 bits per heavy atom. The topological polar surface area (TPSA) is 63.8 Å². The van der Waals surface area contributed by atoms with Gasteiger partial charge in [-0.3, -0.25) is 0 Å². The fourth-order valence-electron chi connectivity index (χ4n) is 1.77. The van der Waals surface area contributed by atoms with E-state index >= 15 is 0 Å². The Kier molecular flexibility index (Phi) is 4.03. The van der Waals surface area contributed by atoms with Crippen LogP contribution in [-0.2, 0) is 6.54 Å². The monoisotopic (exact) mass is 286 g/mol. The quantitative estimate of drug-likeness (QED) is 0.933. The van der Waals surface area contributed by atoms with Crippen LogP contribution in [0.1, 0.15) is 12.0 Å². The van der Waals surface area contributed by atoms with E-state index < -0.39 is 18.7 Å². The molecule has 2 rings (SSSR count). The molecule has 0 bridgehead atoms. The van der Waals surface area contributed by atoms with Crippen molar-refractivity contribution in [3.8, 4) is 11.4 Å². The van der Waals surface area contributed by atoms with Gasteiger partial charge in [-0.25, -0.2) is 0 Å². The van der Waals surface area contributed by atoms with E-state index in [-0.39, 0.29) is 6.54 Å². The van der Waals surface area contributed by atoms with Crippen molar-refractivity contribution in [2.24, 2.45) is 0 Å². The lowest BCUT2D eigenvalue weighted by Gasteiger charge is -2.11. The van der Waals surface area contributed by atoms with Crippen molar-refractivity contribution in [2.75, 3.05) is 0 Å². The molecule has 1 N–H and O–H groups in total. The summed E-state index contributed by atoms with van der Waals surface area (Å²) in [5, 5.41) is 20.7. The highest BCUT2D eigenvalue weighted by atomic mass is 19.4. The minimum atomic E-state index is -4.42. The lowest BCUT2D eigenvalue weighted by molar-refractivity contribution is -0.155. The molecule has 0 aliphatic carbocycles. The summed E-state index contributed by atoms with van der Waals surface area (Å²) in [6.07, 6.45) is -7.30. The molecule has 1 heterocycles. The number of alkyl halides is 3. The Morgan fingerprint density at radius 2 is 2.00 bits per heavy atom. The van der Waals surface area contributed by atoms with Gasteiger partial charge in [-0.2, -0.15) is 18.0 Å². The van der Waals surface area contributed by atoms with Crippen molar-refractivity contribution in [1.29, 1.82) is 0 Å². The first-order chi connectivity index (χ1) is 9.35. The summed E-state index contributed by atoms with van der Waals surface area (Å²) in [6, 6.07) is 7.33. The zero-order chi connectivity index (χ0) is 14.8. The van der Waals surface area contributed by atoms with Crippen LogP contribution in [0.4, 0.5) is 13.2 Å². The molecule has 0 saturated heterocycles. The Labute approximate surface area is 113 Å². The van der Waals surface area contributed by atoms with Crippen LogP contribution >= 0.6 is 0 Å². The minimum Gasteiger partial charge on any atom is -0.391 e. The van der Waals surface area contributed by atoms with Crippen LogP contribution < -0.4 is 0 Å². The molecule has 1 unspecified atom stereocenters. The molecule has 0 radical (unpaired) electrons. The van der Waals surface area contributed by atoms with Gasteiger partial charge in [0.1, 0.15) is 0 Å². The Morgan fingerprint density at radius 3 is 2.65 bits per heavy atom. The molecule has 0 amide bonds. The maximum absolute atomic E-state index is 12.1. The van der Waals surface area contributed by atoms with E-state index in [1.807, 2.05) is 25.1 Å². The number of aryl methyl sites for hydroxylation is 1. The molecule has 0 aliphatic rings. The van der Waals surface area contributed by atoms with Crippen molar-refractivity contribution in [3.05, 3.63) is 29.8 Å². The fraction of sp³-hybridized carbons (Fsp3) is 0.417. The van der Waals surface area contributed by atoms with Gasteiger partial charge in [0.25, 0.3) is 0 Å². The normalized spacial score (nSPS) is 13.4. The summed E-state index contributed by atoms with van der Waals surface area (Å²) < 4.78 is 36.3. The number of tetrazole rings is 1. The smallest absolute Gasteiger partial charge is 0.391 e. The van der Waals surface area contributed by atoms with Gasteiger partial charge in [-0.05, 0) is 17.7 Å². The van der Waals surface area contributed by atoms with Crippen molar-refractivity contribution < 1.29 is 18.3 Å². The van der Waals surface area contributed by atoms with E-state index in [1.165, 1.54) is 0 Å². The Balaban J connectivity index is 2.08. The Bertz CT molecular complexity index is 582. The summed E-state index contributed by atoms with van der Waals surface area (Å²) >= 11 is 0. The highest BCUT2D eigenvalue weighted by Gasteiger charge is 2.31. The number of aromatic nitrogens is 4. The summed E-state index contributed by atoms with van der Waals surface area (Å²) in [5.74, 6) is 0.322. The molecule has 1 aromatic carbocycles. The number of halogens is 3. The largest absolute Gasteiger partial charge is 0.391 e.